The third kappa shape index (κ3) is 6.62. The van der Waals surface area contributed by atoms with E-state index < -0.39 is 0 Å². The second-order valence-electron chi connectivity index (χ2n) is 3.55. The lowest BCUT2D eigenvalue weighted by molar-refractivity contribution is 0.274. The molecule has 0 saturated carbocycles. The van der Waals surface area contributed by atoms with Crippen molar-refractivity contribution in [1.82, 2.24) is 4.90 Å². The third-order valence-corrected chi connectivity index (χ3v) is 2.18. The molecule has 2 nitrogen and oxygen atoms in total. The van der Waals surface area contributed by atoms with E-state index in [2.05, 4.69) is 25.7 Å². The smallest absolute Gasteiger partial charge is 0.00226 e. The van der Waals surface area contributed by atoms with Gasteiger partial charge in [-0.15, -0.1) is 0 Å². The van der Waals surface area contributed by atoms with Crippen LogP contribution in [0, 0.1) is 0 Å². The molecule has 0 aliphatic heterocycles. The molecule has 0 rings (SSSR count). The molecule has 2 N–H and O–H groups in total. The van der Waals surface area contributed by atoms with Crippen LogP contribution in [0.2, 0.25) is 0 Å². The van der Waals surface area contributed by atoms with Gasteiger partial charge in [-0.25, -0.2) is 0 Å². The summed E-state index contributed by atoms with van der Waals surface area (Å²) in [6, 6.07) is 0.348. The maximum atomic E-state index is 5.70. The van der Waals surface area contributed by atoms with E-state index in [0.717, 1.165) is 19.5 Å². The average Bonchev–Trinajstić information content (AvgIpc) is 2.05. The van der Waals surface area contributed by atoms with E-state index in [1.54, 1.807) is 0 Å². The molecule has 0 bridgehead atoms. The summed E-state index contributed by atoms with van der Waals surface area (Å²) in [6.45, 7) is 10.1. The zero-order valence-electron chi connectivity index (χ0n) is 8.84. The average molecular weight is 172 g/mol. The second kappa shape index (κ2) is 7.56. The predicted octanol–water partition coefficient (Wildman–Crippen LogP) is 1.85. The highest BCUT2D eigenvalue weighted by molar-refractivity contribution is 4.60. The van der Waals surface area contributed by atoms with E-state index in [1.807, 2.05) is 0 Å². The van der Waals surface area contributed by atoms with E-state index >= 15 is 0 Å². The van der Waals surface area contributed by atoms with Gasteiger partial charge in [-0.3, -0.25) is 0 Å². The summed E-state index contributed by atoms with van der Waals surface area (Å²) in [5.74, 6) is 0. The minimum atomic E-state index is 0.348. The Morgan fingerprint density at radius 3 is 2.33 bits per heavy atom. The van der Waals surface area contributed by atoms with Crippen molar-refractivity contribution < 1.29 is 0 Å². The van der Waals surface area contributed by atoms with E-state index in [1.165, 1.54) is 19.4 Å². The second-order valence-corrected chi connectivity index (χ2v) is 3.55. The summed E-state index contributed by atoms with van der Waals surface area (Å²) in [7, 11) is 0. The van der Waals surface area contributed by atoms with Crippen molar-refractivity contribution in [3.8, 4) is 0 Å². The molecule has 1 unspecified atom stereocenters. The van der Waals surface area contributed by atoms with E-state index in [-0.39, 0.29) is 0 Å². The number of hydrogen-bond acceptors (Lipinski definition) is 2. The first-order valence-corrected chi connectivity index (χ1v) is 5.18. The molecule has 0 aromatic carbocycles. The normalized spacial score (nSPS) is 13.8. The van der Waals surface area contributed by atoms with Crippen molar-refractivity contribution in [2.45, 2.75) is 46.1 Å². The van der Waals surface area contributed by atoms with Gasteiger partial charge in [-0.2, -0.15) is 0 Å². The van der Waals surface area contributed by atoms with Crippen molar-refractivity contribution >= 4 is 0 Å². The highest BCUT2D eigenvalue weighted by atomic mass is 15.1. The summed E-state index contributed by atoms with van der Waals surface area (Å²) >= 11 is 0. The first-order chi connectivity index (χ1) is 5.70. The molecule has 2 heteroatoms. The lowest BCUT2D eigenvalue weighted by atomic mass is 10.2. The molecular weight excluding hydrogens is 148 g/mol. The van der Waals surface area contributed by atoms with Gasteiger partial charge >= 0.3 is 0 Å². The maximum absolute atomic E-state index is 5.70. The highest BCUT2D eigenvalue weighted by Gasteiger charge is 2.02. The molecule has 0 fully saturated rings. The Labute approximate surface area is 77.1 Å². The summed E-state index contributed by atoms with van der Waals surface area (Å²) in [5, 5.41) is 0. The number of nitrogens with zero attached hydrogens (tertiary/aromatic N) is 1. The molecular formula is C10H24N2. The van der Waals surface area contributed by atoms with Crippen molar-refractivity contribution in [3.63, 3.8) is 0 Å². The summed E-state index contributed by atoms with van der Waals surface area (Å²) in [5.41, 5.74) is 5.70. The van der Waals surface area contributed by atoms with Gasteiger partial charge in [0.25, 0.3) is 0 Å². The zero-order valence-corrected chi connectivity index (χ0v) is 8.84. The van der Waals surface area contributed by atoms with Crippen molar-refractivity contribution in [2.24, 2.45) is 5.73 Å². The standard InChI is InChI=1S/C10H24N2/c1-4-6-8-12(5-2)9-7-10(3)11/h10H,4-9,11H2,1-3H3. The van der Waals surface area contributed by atoms with Crippen molar-refractivity contribution in [3.05, 3.63) is 0 Å². The molecule has 12 heavy (non-hydrogen) atoms. The SMILES string of the molecule is CCCCN(CC)CCC(C)N. The first-order valence-electron chi connectivity index (χ1n) is 5.18. The van der Waals surface area contributed by atoms with E-state index in [4.69, 9.17) is 5.73 Å². The molecule has 0 aliphatic rings. The Balaban J connectivity index is 3.39. The van der Waals surface area contributed by atoms with Gasteiger partial charge in [0.2, 0.25) is 0 Å². The van der Waals surface area contributed by atoms with Crippen LogP contribution < -0.4 is 5.73 Å². The Morgan fingerprint density at radius 1 is 1.25 bits per heavy atom. The fraction of sp³-hybridized carbons (Fsp3) is 1.00. The van der Waals surface area contributed by atoms with Crippen LogP contribution >= 0.6 is 0 Å². The van der Waals surface area contributed by atoms with Crippen LogP contribution in [0.3, 0.4) is 0 Å². The molecule has 0 radical (unpaired) electrons. The number of unbranched alkanes of at least 4 members (excludes halogenated alkanes) is 1. The molecule has 0 heterocycles. The third-order valence-electron chi connectivity index (χ3n) is 2.18. The van der Waals surface area contributed by atoms with Gasteiger partial charge in [0.15, 0.2) is 0 Å². The molecule has 0 amide bonds. The van der Waals surface area contributed by atoms with Crippen LogP contribution in [0.15, 0.2) is 0 Å². The monoisotopic (exact) mass is 172 g/mol. The number of nitrogens with two attached hydrogens (primary N) is 1. The number of rotatable bonds is 7. The van der Waals surface area contributed by atoms with Crippen LogP contribution in [0.1, 0.15) is 40.0 Å². The highest BCUT2D eigenvalue weighted by Crippen LogP contribution is 1.97. The van der Waals surface area contributed by atoms with E-state index in [9.17, 15) is 0 Å². The molecule has 0 aliphatic carbocycles. The van der Waals surface area contributed by atoms with Gasteiger partial charge in [-0.05, 0) is 39.4 Å². The lowest BCUT2D eigenvalue weighted by Crippen LogP contribution is -2.29. The van der Waals surface area contributed by atoms with Gasteiger partial charge in [0.1, 0.15) is 0 Å². The minimum absolute atomic E-state index is 0.348. The van der Waals surface area contributed by atoms with E-state index in [0.29, 0.717) is 6.04 Å². The summed E-state index contributed by atoms with van der Waals surface area (Å²) < 4.78 is 0. The lowest BCUT2D eigenvalue weighted by Gasteiger charge is -2.20. The van der Waals surface area contributed by atoms with Gasteiger partial charge in [0, 0.05) is 6.04 Å². The molecule has 0 saturated heterocycles. The Bertz CT molecular complexity index is 91.8. The van der Waals surface area contributed by atoms with Crippen LogP contribution in [0.4, 0.5) is 0 Å². The van der Waals surface area contributed by atoms with Crippen LogP contribution in [-0.2, 0) is 0 Å². The molecule has 1 atom stereocenters. The largest absolute Gasteiger partial charge is 0.328 e. The topological polar surface area (TPSA) is 29.3 Å². The Kier molecular flexibility index (Phi) is 7.51. The summed E-state index contributed by atoms with van der Waals surface area (Å²) in [4.78, 5) is 2.48. The molecule has 74 valence electrons. The minimum Gasteiger partial charge on any atom is -0.328 e. The van der Waals surface area contributed by atoms with Crippen molar-refractivity contribution in [1.29, 1.82) is 0 Å². The van der Waals surface area contributed by atoms with Crippen molar-refractivity contribution in [2.75, 3.05) is 19.6 Å². The summed E-state index contributed by atoms with van der Waals surface area (Å²) in [6.07, 6.45) is 3.72. The quantitative estimate of drug-likeness (QED) is 0.635. The van der Waals surface area contributed by atoms with Gasteiger partial charge < -0.3 is 10.6 Å². The zero-order chi connectivity index (χ0) is 9.40. The molecule has 0 spiro atoms. The number of hydrogen-bond donors (Lipinski definition) is 1. The van der Waals surface area contributed by atoms with Crippen LogP contribution in [0.25, 0.3) is 0 Å². The maximum Gasteiger partial charge on any atom is 0.00226 e. The Hall–Kier alpha value is -0.0800. The van der Waals surface area contributed by atoms with Gasteiger partial charge in [0.05, 0.1) is 0 Å². The van der Waals surface area contributed by atoms with Gasteiger partial charge in [-0.1, -0.05) is 20.3 Å². The first kappa shape index (κ1) is 11.9. The Morgan fingerprint density at radius 2 is 1.92 bits per heavy atom. The predicted molar refractivity (Wildman–Crippen MR) is 55.3 cm³/mol. The van der Waals surface area contributed by atoms with Crippen LogP contribution in [-0.4, -0.2) is 30.6 Å². The van der Waals surface area contributed by atoms with Crippen LogP contribution in [0.5, 0.6) is 0 Å². The fourth-order valence-electron chi connectivity index (χ4n) is 1.20. The fourth-order valence-corrected chi connectivity index (χ4v) is 1.20. The molecule has 0 aromatic heterocycles. The molecule has 0 aromatic rings.